The highest BCUT2D eigenvalue weighted by atomic mass is 16.5. The molecule has 1 heterocycles. The fourth-order valence-corrected chi connectivity index (χ4v) is 2.14. The number of fused-ring (bicyclic) bond motifs is 1. The van der Waals surface area contributed by atoms with Crippen LogP contribution < -0.4 is 5.56 Å². The molecule has 0 unspecified atom stereocenters. The van der Waals surface area contributed by atoms with Gasteiger partial charge in [-0.25, -0.2) is 4.98 Å². The van der Waals surface area contributed by atoms with Crippen LogP contribution in [0.25, 0.3) is 10.9 Å². The molecule has 0 saturated carbocycles. The van der Waals surface area contributed by atoms with Crippen molar-refractivity contribution in [2.24, 2.45) is 0 Å². The van der Waals surface area contributed by atoms with Crippen LogP contribution in [0.5, 0.6) is 0 Å². The van der Waals surface area contributed by atoms with E-state index in [9.17, 15) is 14.4 Å². The van der Waals surface area contributed by atoms with Gasteiger partial charge in [-0.1, -0.05) is 12.1 Å². The summed E-state index contributed by atoms with van der Waals surface area (Å²) in [4.78, 5) is 43.7. The van der Waals surface area contributed by atoms with Crippen LogP contribution in [-0.4, -0.2) is 46.9 Å². The van der Waals surface area contributed by atoms with Gasteiger partial charge in [0, 0.05) is 20.5 Å². The first-order valence-electron chi connectivity index (χ1n) is 7.27. The fraction of sp³-hybridized carbons (Fsp3) is 0.375. The molecule has 1 aromatic carbocycles. The second kappa shape index (κ2) is 7.04. The molecule has 1 N–H and O–H groups in total. The number of ether oxygens (including phenoxy) is 1. The SMILES string of the molecule is C[C@H](OC(=O)CCc1nc2ccccc2c(=O)[nH]1)C(=O)N(C)C. The molecule has 0 aliphatic rings. The zero-order valence-corrected chi connectivity index (χ0v) is 13.3. The van der Waals surface area contributed by atoms with Gasteiger partial charge in [0.15, 0.2) is 6.10 Å². The van der Waals surface area contributed by atoms with Gasteiger partial charge >= 0.3 is 5.97 Å². The Morgan fingerprint density at radius 3 is 2.70 bits per heavy atom. The molecule has 0 fully saturated rings. The molecule has 0 radical (unpaired) electrons. The Morgan fingerprint density at radius 1 is 1.30 bits per heavy atom. The average molecular weight is 317 g/mol. The van der Waals surface area contributed by atoms with Crippen LogP contribution in [0.2, 0.25) is 0 Å². The first-order chi connectivity index (χ1) is 10.9. The standard InChI is InChI=1S/C16H19N3O4/c1-10(16(22)19(2)3)23-14(20)9-8-13-17-12-7-5-4-6-11(12)15(21)18-13/h4-7,10H,8-9H2,1-3H3,(H,17,18,21)/t10-/m0/s1. The third-order valence-electron chi connectivity index (χ3n) is 3.32. The zero-order valence-electron chi connectivity index (χ0n) is 13.3. The van der Waals surface area contributed by atoms with Gasteiger partial charge in [0.2, 0.25) is 0 Å². The topological polar surface area (TPSA) is 92.4 Å². The highest BCUT2D eigenvalue weighted by molar-refractivity contribution is 5.83. The van der Waals surface area contributed by atoms with Gasteiger partial charge in [-0.3, -0.25) is 14.4 Å². The van der Waals surface area contributed by atoms with Gasteiger partial charge in [0.05, 0.1) is 17.3 Å². The van der Waals surface area contributed by atoms with Crippen molar-refractivity contribution in [2.75, 3.05) is 14.1 Å². The second-order valence-electron chi connectivity index (χ2n) is 5.39. The molecule has 2 rings (SSSR count). The molecule has 23 heavy (non-hydrogen) atoms. The number of benzene rings is 1. The van der Waals surface area contributed by atoms with Gasteiger partial charge in [-0.15, -0.1) is 0 Å². The smallest absolute Gasteiger partial charge is 0.307 e. The number of esters is 1. The molecule has 0 aliphatic carbocycles. The Kier molecular flexibility index (Phi) is 5.10. The molecular formula is C16H19N3O4. The van der Waals surface area contributed by atoms with E-state index in [1.54, 1.807) is 38.4 Å². The zero-order chi connectivity index (χ0) is 17.0. The number of aryl methyl sites for hydroxylation is 1. The molecule has 1 aromatic heterocycles. The number of hydrogen-bond donors (Lipinski definition) is 1. The molecule has 122 valence electrons. The number of likely N-dealkylation sites (N-methyl/N-ethyl adjacent to an activating group) is 1. The molecule has 0 spiro atoms. The lowest BCUT2D eigenvalue weighted by Gasteiger charge is -2.17. The number of aromatic nitrogens is 2. The quantitative estimate of drug-likeness (QED) is 0.826. The molecule has 1 amide bonds. The number of H-pyrrole nitrogens is 1. The van der Waals surface area contributed by atoms with Gasteiger partial charge in [0.1, 0.15) is 5.82 Å². The summed E-state index contributed by atoms with van der Waals surface area (Å²) in [6.07, 6.45) is -0.560. The average Bonchev–Trinajstić information content (AvgIpc) is 2.52. The maximum atomic E-state index is 11.9. The van der Waals surface area contributed by atoms with Crippen molar-refractivity contribution < 1.29 is 14.3 Å². The summed E-state index contributed by atoms with van der Waals surface area (Å²) in [6.45, 7) is 1.52. The maximum Gasteiger partial charge on any atom is 0.307 e. The minimum absolute atomic E-state index is 0.0341. The second-order valence-corrected chi connectivity index (χ2v) is 5.39. The Labute approximate surface area is 133 Å². The van der Waals surface area contributed by atoms with E-state index in [2.05, 4.69) is 9.97 Å². The summed E-state index contributed by atoms with van der Waals surface area (Å²) in [5.74, 6) is -0.378. The first-order valence-corrected chi connectivity index (χ1v) is 7.27. The highest BCUT2D eigenvalue weighted by Gasteiger charge is 2.19. The maximum absolute atomic E-state index is 11.9. The summed E-state index contributed by atoms with van der Waals surface area (Å²) >= 11 is 0. The van der Waals surface area contributed by atoms with Gasteiger partial charge in [0.25, 0.3) is 11.5 Å². The van der Waals surface area contributed by atoms with Crippen molar-refractivity contribution in [1.82, 2.24) is 14.9 Å². The van der Waals surface area contributed by atoms with E-state index in [0.29, 0.717) is 16.7 Å². The summed E-state index contributed by atoms with van der Waals surface area (Å²) in [7, 11) is 3.19. The monoisotopic (exact) mass is 317 g/mol. The lowest BCUT2D eigenvalue weighted by molar-refractivity contribution is -0.157. The van der Waals surface area contributed by atoms with Crippen molar-refractivity contribution in [3.8, 4) is 0 Å². The Hall–Kier alpha value is -2.70. The number of para-hydroxylation sites is 1. The molecule has 0 aliphatic heterocycles. The van der Waals surface area contributed by atoms with Crippen LogP contribution >= 0.6 is 0 Å². The summed E-state index contributed by atoms with van der Waals surface area (Å²) < 4.78 is 5.06. The summed E-state index contributed by atoms with van der Waals surface area (Å²) in [5, 5.41) is 0.504. The minimum Gasteiger partial charge on any atom is -0.453 e. The minimum atomic E-state index is -0.832. The third-order valence-corrected chi connectivity index (χ3v) is 3.32. The van der Waals surface area contributed by atoms with Crippen LogP contribution in [0.15, 0.2) is 29.1 Å². The van der Waals surface area contributed by atoms with Crippen molar-refractivity contribution >= 4 is 22.8 Å². The lowest BCUT2D eigenvalue weighted by Crippen LogP contribution is -2.35. The van der Waals surface area contributed by atoms with E-state index in [1.165, 1.54) is 11.8 Å². The van der Waals surface area contributed by atoms with Crippen molar-refractivity contribution in [2.45, 2.75) is 25.9 Å². The predicted molar refractivity (Wildman–Crippen MR) is 84.9 cm³/mol. The molecule has 1 atom stereocenters. The van der Waals surface area contributed by atoms with Crippen molar-refractivity contribution in [3.05, 3.63) is 40.4 Å². The van der Waals surface area contributed by atoms with Crippen molar-refractivity contribution in [3.63, 3.8) is 0 Å². The van der Waals surface area contributed by atoms with Gasteiger partial charge in [-0.05, 0) is 19.1 Å². The fourth-order valence-electron chi connectivity index (χ4n) is 2.14. The number of carbonyl (C=O) groups excluding carboxylic acids is 2. The van der Waals surface area contributed by atoms with Crippen LogP contribution in [0, 0.1) is 0 Å². The van der Waals surface area contributed by atoms with Gasteiger partial charge in [-0.2, -0.15) is 0 Å². The largest absolute Gasteiger partial charge is 0.453 e. The number of nitrogens with zero attached hydrogens (tertiary/aromatic N) is 2. The van der Waals surface area contributed by atoms with Crippen LogP contribution in [0.4, 0.5) is 0 Å². The summed E-state index contributed by atoms with van der Waals surface area (Å²) in [5.41, 5.74) is 0.339. The summed E-state index contributed by atoms with van der Waals surface area (Å²) in [6, 6.07) is 6.98. The number of hydrogen-bond acceptors (Lipinski definition) is 5. The lowest BCUT2D eigenvalue weighted by atomic mass is 10.2. The molecule has 0 bridgehead atoms. The van der Waals surface area contributed by atoms with E-state index in [4.69, 9.17) is 4.74 Å². The van der Waals surface area contributed by atoms with E-state index in [1.807, 2.05) is 0 Å². The number of carbonyl (C=O) groups is 2. The van der Waals surface area contributed by atoms with E-state index in [-0.39, 0.29) is 24.3 Å². The van der Waals surface area contributed by atoms with E-state index < -0.39 is 12.1 Å². The van der Waals surface area contributed by atoms with Crippen molar-refractivity contribution in [1.29, 1.82) is 0 Å². The van der Waals surface area contributed by atoms with Gasteiger partial charge < -0.3 is 14.6 Å². The highest BCUT2D eigenvalue weighted by Crippen LogP contribution is 2.07. The number of amides is 1. The third kappa shape index (κ3) is 4.15. The molecule has 2 aromatic rings. The van der Waals surface area contributed by atoms with E-state index >= 15 is 0 Å². The Balaban J connectivity index is 1.99. The molecule has 7 heteroatoms. The van der Waals surface area contributed by atoms with Crippen LogP contribution in [0.1, 0.15) is 19.2 Å². The molecule has 7 nitrogen and oxygen atoms in total. The van der Waals surface area contributed by atoms with Crippen LogP contribution in [-0.2, 0) is 20.7 Å². The Morgan fingerprint density at radius 2 is 2.00 bits per heavy atom. The number of aromatic amines is 1. The Bertz CT molecular complexity index is 782. The number of nitrogens with one attached hydrogen (secondary N) is 1. The normalized spacial score (nSPS) is 12.0. The number of rotatable bonds is 5. The van der Waals surface area contributed by atoms with E-state index in [0.717, 1.165) is 0 Å². The predicted octanol–water partition coefficient (Wildman–Crippen LogP) is 0.876. The first kappa shape index (κ1) is 16.7. The molecular weight excluding hydrogens is 298 g/mol. The van der Waals surface area contributed by atoms with Crippen LogP contribution in [0.3, 0.4) is 0 Å². The molecule has 0 saturated heterocycles.